The number of aromatic nitrogens is 3. The van der Waals surface area contributed by atoms with E-state index in [9.17, 15) is 27.5 Å². The number of nitrogens with zero attached hydrogens (tertiary/aromatic N) is 4. The molecule has 9 nitrogen and oxygen atoms in total. The zero-order valence-electron chi connectivity index (χ0n) is 19.5. The third-order valence-electron chi connectivity index (χ3n) is 5.80. The Morgan fingerprint density at radius 1 is 1.08 bits per heavy atom. The normalized spacial score (nSPS) is 12.4. The molecule has 186 valence electrons. The van der Waals surface area contributed by atoms with Gasteiger partial charge in [0.1, 0.15) is 17.4 Å². The molecule has 4 rings (SSSR count). The molecule has 0 aliphatic rings. The lowest BCUT2D eigenvalue weighted by atomic mass is 10.0. The molecule has 0 spiro atoms. The van der Waals surface area contributed by atoms with Gasteiger partial charge in [-0.15, -0.1) is 5.10 Å². The van der Waals surface area contributed by atoms with Crippen LogP contribution in [0.15, 0.2) is 71.5 Å². The van der Waals surface area contributed by atoms with Crippen LogP contribution in [0.1, 0.15) is 12.0 Å². The number of fused-ring (bicyclic) bond motifs is 1. The Hall–Kier alpha value is -4.12. The Labute approximate surface area is 206 Å². The Morgan fingerprint density at radius 2 is 1.75 bits per heavy atom. The van der Waals surface area contributed by atoms with Crippen LogP contribution in [0.4, 0.5) is 10.1 Å². The molecule has 3 aromatic carbocycles. The van der Waals surface area contributed by atoms with E-state index in [2.05, 4.69) is 10.3 Å². The molecule has 1 aromatic heterocycles. The van der Waals surface area contributed by atoms with Crippen molar-refractivity contribution in [1.82, 2.24) is 15.0 Å². The number of halogens is 1. The molecule has 36 heavy (non-hydrogen) atoms. The molecule has 0 amide bonds. The van der Waals surface area contributed by atoms with Gasteiger partial charge in [-0.05, 0) is 60.4 Å². The highest BCUT2D eigenvalue weighted by atomic mass is 32.2. The number of carboxylic acid groups (broad SMARTS) is 1. The first kappa shape index (κ1) is 25.0. The fraction of sp³-hybridized carbons (Fsp3) is 0.200. The zero-order chi connectivity index (χ0) is 26.0. The summed E-state index contributed by atoms with van der Waals surface area (Å²) in [6.45, 7) is 1.48. The van der Waals surface area contributed by atoms with E-state index < -0.39 is 27.6 Å². The van der Waals surface area contributed by atoms with Crippen LogP contribution in [-0.4, -0.2) is 46.8 Å². The standard InChI is InChI=1S/C25H23FN4O5S/c1-16-7-8-18(15-21(16)26)17-9-11-19(12-10-17)30(36(2,34)35)23(25(32)33)13-14-29-24(31)20-5-3-4-6-22(20)27-28-29/h3-12,15,23H,13-14H2,1-2H3,(H,32,33)/t23-/m0/s1. The highest BCUT2D eigenvalue weighted by Gasteiger charge is 2.33. The number of hydrogen-bond acceptors (Lipinski definition) is 6. The predicted octanol–water partition coefficient (Wildman–Crippen LogP) is 3.22. The van der Waals surface area contributed by atoms with Gasteiger partial charge in [-0.1, -0.05) is 41.6 Å². The Bertz CT molecular complexity index is 1600. The van der Waals surface area contributed by atoms with Crippen molar-refractivity contribution in [2.24, 2.45) is 0 Å². The molecule has 1 heterocycles. The summed E-state index contributed by atoms with van der Waals surface area (Å²) in [5.41, 5.74) is 1.80. The van der Waals surface area contributed by atoms with Gasteiger partial charge < -0.3 is 5.11 Å². The topological polar surface area (TPSA) is 122 Å². The summed E-state index contributed by atoms with van der Waals surface area (Å²) in [5, 5.41) is 18.1. The summed E-state index contributed by atoms with van der Waals surface area (Å²) >= 11 is 0. The minimum absolute atomic E-state index is 0.123. The molecule has 0 saturated carbocycles. The van der Waals surface area contributed by atoms with Crippen LogP contribution in [-0.2, 0) is 21.4 Å². The second kappa shape index (κ2) is 9.86. The lowest BCUT2D eigenvalue weighted by molar-refractivity contribution is -0.138. The van der Waals surface area contributed by atoms with Crippen LogP contribution in [0.3, 0.4) is 0 Å². The smallest absolute Gasteiger partial charge is 0.327 e. The van der Waals surface area contributed by atoms with Crippen molar-refractivity contribution in [3.8, 4) is 11.1 Å². The third-order valence-corrected chi connectivity index (χ3v) is 6.98. The molecule has 0 aliphatic carbocycles. The predicted molar refractivity (Wildman–Crippen MR) is 134 cm³/mol. The molecule has 1 N–H and O–H groups in total. The van der Waals surface area contributed by atoms with Gasteiger partial charge in [-0.25, -0.2) is 22.3 Å². The zero-order valence-corrected chi connectivity index (χ0v) is 20.3. The fourth-order valence-electron chi connectivity index (χ4n) is 3.93. The fourth-order valence-corrected chi connectivity index (χ4v) is 5.09. The summed E-state index contributed by atoms with van der Waals surface area (Å²) in [4.78, 5) is 24.9. The lowest BCUT2D eigenvalue weighted by Crippen LogP contribution is -2.46. The minimum atomic E-state index is -4.03. The van der Waals surface area contributed by atoms with Crippen molar-refractivity contribution in [2.75, 3.05) is 10.6 Å². The maximum atomic E-state index is 14.0. The van der Waals surface area contributed by atoms with E-state index in [-0.39, 0.29) is 24.5 Å². The van der Waals surface area contributed by atoms with Gasteiger partial charge in [0.15, 0.2) is 0 Å². The summed E-state index contributed by atoms with van der Waals surface area (Å²) in [5.74, 6) is -1.75. The molecule has 0 fully saturated rings. The number of rotatable bonds is 8. The average Bonchev–Trinajstić information content (AvgIpc) is 2.84. The van der Waals surface area contributed by atoms with Crippen molar-refractivity contribution in [1.29, 1.82) is 0 Å². The Kier molecular flexibility index (Phi) is 6.84. The van der Waals surface area contributed by atoms with Gasteiger partial charge in [0.2, 0.25) is 10.0 Å². The SMILES string of the molecule is Cc1ccc(-c2ccc(N([C@@H](CCn3nnc4ccccc4c3=O)C(=O)O)S(C)(=O)=O)cc2)cc1F. The monoisotopic (exact) mass is 510 g/mol. The second-order valence-electron chi connectivity index (χ2n) is 8.35. The molecule has 0 bridgehead atoms. The number of anilines is 1. The maximum Gasteiger partial charge on any atom is 0.327 e. The number of hydrogen-bond donors (Lipinski definition) is 1. The molecule has 0 aliphatic heterocycles. The van der Waals surface area contributed by atoms with Gasteiger partial charge >= 0.3 is 5.97 Å². The van der Waals surface area contributed by atoms with Gasteiger partial charge in [-0.3, -0.25) is 9.10 Å². The largest absolute Gasteiger partial charge is 0.480 e. The first-order valence-electron chi connectivity index (χ1n) is 11.0. The van der Waals surface area contributed by atoms with Crippen molar-refractivity contribution in [3.05, 3.63) is 88.5 Å². The molecular weight excluding hydrogens is 487 g/mol. The minimum Gasteiger partial charge on any atom is -0.480 e. The number of benzene rings is 3. The van der Waals surface area contributed by atoms with Gasteiger partial charge in [0.25, 0.3) is 5.56 Å². The van der Waals surface area contributed by atoms with Crippen LogP contribution in [0.5, 0.6) is 0 Å². The van der Waals surface area contributed by atoms with Crippen LogP contribution in [0.25, 0.3) is 22.0 Å². The van der Waals surface area contributed by atoms with Crippen LogP contribution >= 0.6 is 0 Å². The van der Waals surface area contributed by atoms with E-state index in [0.717, 1.165) is 15.2 Å². The second-order valence-corrected chi connectivity index (χ2v) is 10.2. The quantitative estimate of drug-likeness (QED) is 0.386. The number of aliphatic carboxylic acids is 1. The van der Waals surface area contributed by atoms with Gasteiger partial charge in [0.05, 0.1) is 17.3 Å². The highest BCUT2D eigenvalue weighted by Crippen LogP contribution is 2.28. The molecule has 0 unspecified atom stereocenters. The number of carboxylic acids is 1. The van der Waals surface area contributed by atoms with Crippen molar-refractivity contribution >= 4 is 32.6 Å². The average molecular weight is 511 g/mol. The van der Waals surface area contributed by atoms with E-state index in [1.54, 1.807) is 55.5 Å². The Balaban J connectivity index is 1.65. The van der Waals surface area contributed by atoms with Crippen LogP contribution in [0, 0.1) is 12.7 Å². The first-order chi connectivity index (χ1) is 17.1. The summed E-state index contributed by atoms with van der Waals surface area (Å²) in [7, 11) is -4.03. The number of sulfonamides is 1. The third kappa shape index (κ3) is 5.10. The van der Waals surface area contributed by atoms with Crippen molar-refractivity contribution in [2.45, 2.75) is 25.9 Å². The summed E-state index contributed by atoms with van der Waals surface area (Å²) in [6.07, 6.45) is 0.675. The van der Waals surface area contributed by atoms with Crippen molar-refractivity contribution in [3.63, 3.8) is 0 Å². The molecule has 4 aromatic rings. The molecule has 0 radical (unpaired) electrons. The summed E-state index contributed by atoms with van der Waals surface area (Å²) < 4.78 is 41.2. The van der Waals surface area contributed by atoms with Crippen LogP contribution in [0.2, 0.25) is 0 Å². The molecule has 0 saturated heterocycles. The van der Waals surface area contributed by atoms with E-state index in [1.807, 2.05) is 0 Å². The van der Waals surface area contributed by atoms with Gasteiger partial charge in [0, 0.05) is 6.54 Å². The lowest BCUT2D eigenvalue weighted by Gasteiger charge is -2.29. The summed E-state index contributed by atoms with van der Waals surface area (Å²) in [6, 6.07) is 16.0. The maximum absolute atomic E-state index is 14.0. The highest BCUT2D eigenvalue weighted by molar-refractivity contribution is 7.92. The van der Waals surface area contributed by atoms with E-state index in [4.69, 9.17) is 0 Å². The van der Waals surface area contributed by atoms with Crippen LogP contribution < -0.4 is 9.86 Å². The number of aryl methyl sites for hydroxylation is 2. The van der Waals surface area contributed by atoms with E-state index in [0.29, 0.717) is 27.6 Å². The Morgan fingerprint density at radius 3 is 2.39 bits per heavy atom. The van der Waals surface area contributed by atoms with E-state index in [1.165, 1.54) is 18.2 Å². The van der Waals surface area contributed by atoms with Crippen molar-refractivity contribution < 1.29 is 22.7 Å². The van der Waals surface area contributed by atoms with E-state index >= 15 is 0 Å². The number of carbonyl (C=O) groups is 1. The molecule has 11 heteroatoms. The van der Waals surface area contributed by atoms with Gasteiger partial charge in [-0.2, -0.15) is 0 Å². The first-order valence-corrected chi connectivity index (χ1v) is 12.8. The molecular formula is C25H23FN4O5S. The molecule has 1 atom stereocenters.